The molecule has 1 aromatic heterocycles. The van der Waals surface area contributed by atoms with Crippen LogP contribution in [-0.2, 0) is 31.0 Å². The van der Waals surface area contributed by atoms with E-state index < -0.39 is 49.7 Å². The van der Waals surface area contributed by atoms with Crippen molar-refractivity contribution in [1.29, 1.82) is 0 Å². The molecule has 1 saturated heterocycles. The third-order valence-corrected chi connectivity index (χ3v) is 11.2. The maximum Gasteiger partial charge on any atom is 0.308 e. The number of rotatable bonds is 7. The molecule has 3 atom stereocenters. The number of ether oxygens (including phenoxy) is 1. The summed E-state index contributed by atoms with van der Waals surface area (Å²) in [6, 6.07) is 18.8. The molecule has 0 spiro atoms. The normalized spacial score (nSPS) is 19.4. The maximum absolute atomic E-state index is 14.0. The largest absolute Gasteiger partial charge is 0.497 e. The first kappa shape index (κ1) is 30.1. The van der Waals surface area contributed by atoms with Crippen LogP contribution >= 0.6 is 34.7 Å². The zero-order valence-corrected chi connectivity index (χ0v) is 26.0. The van der Waals surface area contributed by atoms with Gasteiger partial charge >= 0.3 is 4.87 Å². The zero-order valence-electron chi connectivity index (χ0n) is 22.8. The highest BCUT2D eigenvalue weighted by atomic mass is 35.5. The van der Waals surface area contributed by atoms with Crippen molar-refractivity contribution in [2.45, 2.75) is 27.6 Å². The minimum Gasteiger partial charge on any atom is -0.497 e. The van der Waals surface area contributed by atoms with E-state index in [0.29, 0.717) is 37.6 Å². The minimum atomic E-state index is -3.90. The maximum atomic E-state index is 14.0. The molecule has 2 aliphatic rings. The van der Waals surface area contributed by atoms with Crippen molar-refractivity contribution in [2.75, 3.05) is 17.3 Å². The molecular weight excluding hydrogens is 648 g/mol. The number of nitrogens with zero attached hydrogens (tertiary/aromatic N) is 2. The molecule has 0 radical (unpaired) electrons. The van der Waals surface area contributed by atoms with E-state index in [1.807, 2.05) is 0 Å². The number of primary sulfonamides is 1. The van der Waals surface area contributed by atoms with Crippen LogP contribution in [0, 0.1) is 5.92 Å². The first-order chi connectivity index (χ1) is 21.0. The lowest BCUT2D eigenvalue weighted by molar-refractivity contribution is -0.122. The number of aromatic nitrogens is 1. The third kappa shape index (κ3) is 5.43. The van der Waals surface area contributed by atoms with Gasteiger partial charge in [-0.05, 0) is 66.2 Å². The molecule has 0 saturated carbocycles. The molecule has 2 unspecified atom stereocenters. The first-order valence-electron chi connectivity index (χ1n) is 13.1. The van der Waals surface area contributed by atoms with Crippen molar-refractivity contribution in [3.63, 3.8) is 0 Å². The molecule has 2 aliphatic heterocycles. The van der Waals surface area contributed by atoms with Crippen molar-refractivity contribution in [3.05, 3.63) is 97.9 Å². The number of sulfonamides is 1. The number of nitrogens with two attached hydrogens (primary N) is 1. The molecule has 4 aromatic rings. The van der Waals surface area contributed by atoms with Gasteiger partial charge in [0.2, 0.25) is 27.7 Å². The van der Waals surface area contributed by atoms with Gasteiger partial charge in [-0.1, -0.05) is 46.8 Å². The first-order valence-corrected chi connectivity index (χ1v) is 16.7. The summed E-state index contributed by atoms with van der Waals surface area (Å²) < 4.78 is 29.7. The molecule has 11 nitrogen and oxygen atoms in total. The molecule has 226 valence electrons. The van der Waals surface area contributed by atoms with Crippen LogP contribution in [0.2, 0.25) is 5.02 Å². The average Bonchev–Trinajstić information content (AvgIpc) is 3.43. The summed E-state index contributed by atoms with van der Waals surface area (Å²) in [5, 5.41) is 7.82. The molecule has 3 N–H and O–H groups in total. The third-order valence-electron chi connectivity index (χ3n) is 7.38. The van der Waals surface area contributed by atoms with Crippen LogP contribution in [-0.4, -0.2) is 43.1 Å². The summed E-state index contributed by atoms with van der Waals surface area (Å²) in [4.78, 5) is 55.4. The van der Waals surface area contributed by atoms with E-state index in [0.717, 1.165) is 28.0 Å². The number of imide groups is 1. The number of carbonyl (C=O) groups excluding carboxylic acids is 3. The van der Waals surface area contributed by atoms with Crippen molar-refractivity contribution < 1.29 is 27.5 Å². The quantitative estimate of drug-likeness (QED) is 0.282. The van der Waals surface area contributed by atoms with Crippen molar-refractivity contribution >= 4 is 73.8 Å². The van der Waals surface area contributed by atoms with Gasteiger partial charge in [0.1, 0.15) is 17.5 Å². The zero-order chi connectivity index (χ0) is 31.3. The van der Waals surface area contributed by atoms with E-state index >= 15 is 0 Å². The lowest BCUT2D eigenvalue weighted by Crippen LogP contribution is -2.33. The molecular formula is C29H23ClN4O7S3. The highest BCUT2D eigenvalue weighted by Gasteiger charge is 2.56. The average molecular weight is 671 g/mol. The van der Waals surface area contributed by atoms with E-state index in [2.05, 4.69) is 5.32 Å². The predicted octanol–water partition coefficient (Wildman–Crippen LogP) is 3.65. The van der Waals surface area contributed by atoms with E-state index in [-0.39, 0.29) is 11.4 Å². The number of hydrogen-bond donors (Lipinski definition) is 2. The Kier molecular flexibility index (Phi) is 7.88. The number of amides is 3. The summed E-state index contributed by atoms with van der Waals surface area (Å²) in [7, 11) is -2.37. The van der Waals surface area contributed by atoms with Gasteiger partial charge in [0.05, 0.1) is 28.6 Å². The lowest BCUT2D eigenvalue weighted by Gasteiger charge is -2.30. The second-order valence-electron chi connectivity index (χ2n) is 10.0. The molecule has 1 fully saturated rings. The SMILES string of the molecule is COc1ccc([C@@H]2c3sc(=O)n(CC(=O)Nc4ccc(S(N)(=O)=O)cc4)c3SC3C(=O)N(c4ccc(Cl)cc4)C(=O)C32)cc1. The Morgan fingerprint density at radius 2 is 1.64 bits per heavy atom. The van der Waals surface area contributed by atoms with E-state index in [1.54, 1.807) is 48.5 Å². The smallest absolute Gasteiger partial charge is 0.308 e. The number of methoxy groups -OCH3 is 1. The summed E-state index contributed by atoms with van der Waals surface area (Å²) in [6.45, 7) is -0.371. The van der Waals surface area contributed by atoms with Gasteiger partial charge in [-0.2, -0.15) is 0 Å². The van der Waals surface area contributed by atoms with E-state index in [1.165, 1.54) is 35.9 Å². The Morgan fingerprint density at radius 3 is 2.25 bits per heavy atom. The number of halogens is 1. The van der Waals surface area contributed by atoms with E-state index in [4.69, 9.17) is 21.5 Å². The Hall–Kier alpha value is -3.95. The Morgan fingerprint density at radius 1 is 0.977 bits per heavy atom. The number of thiazole rings is 1. The van der Waals surface area contributed by atoms with Crippen LogP contribution in [0.3, 0.4) is 0 Å². The molecule has 3 aromatic carbocycles. The van der Waals surface area contributed by atoms with Gasteiger partial charge in [0.15, 0.2) is 0 Å². The van der Waals surface area contributed by atoms with Crippen molar-refractivity contribution in [3.8, 4) is 5.75 Å². The number of fused-ring (bicyclic) bond motifs is 2. The second-order valence-corrected chi connectivity index (χ2v) is 14.2. The van der Waals surface area contributed by atoms with Crippen LogP contribution in [0.15, 0.2) is 87.5 Å². The van der Waals surface area contributed by atoms with Gasteiger partial charge in [0.25, 0.3) is 0 Å². The number of hydrogen-bond acceptors (Lipinski definition) is 9. The number of anilines is 2. The number of benzene rings is 3. The van der Waals surface area contributed by atoms with Gasteiger partial charge in [-0.15, -0.1) is 0 Å². The van der Waals surface area contributed by atoms with Crippen molar-refractivity contribution in [2.24, 2.45) is 11.1 Å². The van der Waals surface area contributed by atoms with Gasteiger partial charge < -0.3 is 10.1 Å². The topological polar surface area (TPSA) is 158 Å². The summed E-state index contributed by atoms with van der Waals surface area (Å²) >= 11 is 8.07. The molecule has 44 heavy (non-hydrogen) atoms. The summed E-state index contributed by atoms with van der Waals surface area (Å²) in [6.07, 6.45) is 0. The standard InChI is InChI=1S/C29H23ClN4O7S3/c1-41-19-10-2-15(3-11-19)22-23-24(27(37)34(26(23)36)18-8-4-16(30)5-9-18)42-28-25(22)43-29(38)33(28)14-21(35)32-17-6-12-20(13-7-17)44(31,39)40/h2-13,22-24H,14H2,1H3,(H,32,35)(H2,31,39,40)/t22-,23?,24?/m0/s1. The van der Waals surface area contributed by atoms with Gasteiger partial charge in [-0.3, -0.25) is 23.7 Å². The van der Waals surface area contributed by atoms with Gasteiger partial charge in [-0.25, -0.2) is 18.5 Å². The minimum absolute atomic E-state index is 0.113. The molecule has 6 rings (SSSR count). The van der Waals surface area contributed by atoms with Crippen molar-refractivity contribution in [1.82, 2.24) is 4.57 Å². The summed E-state index contributed by atoms with van der Waals surface area (Å²) in [5.41, 5.74) is 1.41. The van der Waals surface area contributed by atoms with E-state index in [9.17, 15) is 27.6 Å². The Labute approximate surface area is 264 Å². The number of thioether (sulfide) groups is 1. The Bertz CT molecular complexity index is 1960. The number of carbonyl (C=O) groups is 3. The second kappa shape index (κ2) is 11.5. The lowest BCUT2D eigenvalue weighted by atomic mass is 9.83. The monoisotopic (exact) mass is 670 g/mol. The predicted molar refractivity (Wildman–Crippen MR) is 167 cm³/mol. The fraction of sp³-hybridized carbons (Fsp3) is 0.172. The molecule has 3 amide bonds. The fourth-order valence-electron chi connectivity index (χ4n) is 5.34. The van der Waals surface area contributed by atoms with Gasteiger partial charge in [0, 0.05) is 21.5 Å². The molecule has 15 heteroatoms. The molecule has 3 heterocycles. The fourth-order valence-corrected chi connectivity index (χ4v) is 8.76. The highest BCUT2D eigenvalue weighted by Crippen LogP contribution is 2.54. The van der Waals surface area contributed by atoms with Crippen LogP contribution in [0.4, 0.5) is 11.4 Å². The van der Waals surface area contributed by atoms with Crippen LogP contribution in [0.5, 0.6) is 5.75 Å². The van der Waals surface area contributed by atoms with Crippen LogP contribution in [0.1, 0.15) is 16.4 Å². The van der Waals surface area contributed by atoms with Crippen LogP contribution < -0.4 is 25.0 Å². The van der Waals surface area contributed by atoms with Crippen LogP contribution in [0.25, 0.3) is 0 Å². The summed E-state index contributed by atoms with van der Waals surface area (Å²) in [5.74, 6) is -2.20. The highest BCUT2D eigenvalue weighted by molar-refractivity contribution is 8.00. The molecule has 0 aliphatic carbocycles. The number of nitrogens with one attached hydrogen (secondary N) is 1. The Balaban J connectivity index is 1.37. The molecule has 0 bridgehead atoms.